The van der Waals surface area contributed by atoms with Crippen LogP contribution in [0.3, 0.4) is 0 Å². The lowest BCUT2D eigenvalue weighted by Crippen LogP contribution is -2.26. The molecule has 0 aliphatic rings. The Hall–Kier alpha value is -1.06. The summed E-state index contributed by atoms with van der Waals surface area (Å²) < 4.78 is 5.80. The summed E-state index contributed by atoms with van der Waals surface area (Å²) in [6.45, 7) is 7.61. The number of hydrogen-bond acceptors (Lipinski definition) is 3. The molecule has 1 aromatic carbocycles. The Labute approximate surface area is 105 Å². The summed E-state index contributed by atoms with van der Waals surface area (Å²) in [6, 6.07) is 6.30. The molecule has 0 unspecified atom stereocenters. The van der Waals surface area contributed by atoms with Crippen LogP contribution in [0.4, 0.5) is 0 Å². The van der Waals surface area contributed by atoms with Crippen molar-refractivity contribution >= 4 is 0 Å². The van der Waals surface area contributed by atoms with Crippen LogP contribution in [0.15, 0.2) is 18.2 Å². The van der Waals surface area contributed by atoms with Gasteiger partial charge in [0.1, 0.15) is 12.4 Å². The van der Waals surface area contributed by atoms with Crippen molar-refractivity contribution in [2.75, 3.05) is 33.3 Å². The summed E-state index contributed by atoms with van der Waals surface area (Å²) in [6.07, 6.45) is 1.04. The van der Waals surface area contributed by atoms with Gasteiger partial charge in [-0.3, -0.25) is 0 Å². The van der Waals surface area contributed by atoms with Crippen LogP contribution < -0.4 is 10.5 Å². The maximum atomic E-state index is 5.80. The van der Waals surface area contributed by atoms with Crippen LogP contribution in [-0.2, 0) is 0 Å². The van der Waals surface area contributed by atoms with Gasteiger partial charge in [0.25, 0.3) is 0 Å². The summed E-state index contributed by atoms with van der Waals surface area (Å²) in [5, 5.41) is 0. The molecule has 0 fully saturated rings. The lowest BCUT2D eigenvalue weighted by Gasteiger charge is -2.17. The van der Waals surface area contributed by atoms with Gasteiger partial charge in [-0.1, -0.05) is 12.1 Å². The van der Waals surface area contributed by atoms with E-state index in [0.29, 0.717) is 0 Å². The molecule has 0 aliphatic carbocycles. The fourth-order valence-corrected chi connectivity index (χ4v) is 1.65. The summed E-state index contributed by atoms with van der Waals surface area (Å²) >= 11 is 0. The molecule has 3 heteroatoms. The van der Waals surface area contributed by atoms with E-state index >= 15 is 0 Å². The highest BCUT2D eigenvalue weighted by molar-refractivity contribution is 5.35. The molecule has 1 rings (SSSR count). The van der Waals surface area contributed by atoms with E-state index in [9.17, 15) is 0 Å². The number of nitrogens with zero attached hydrogens (tertiary/aromatic N) is 1. The molecule has 3 nitrogen and oxygen atoms in total. The van der Waals surface area contributed by atoms with Crippen LogP contribution >= 0.6 is 0 Å². The van der Waals surface area contributed by atoms with Crippen LogP contribution in [0.25, 0.3) is 0 Å². The van der Waals surface area contributed by atoms with E-state index in [1.165, 1.54) is 11.1 Å². The van der Waals surface area contributed by atoms with E-state index in [1.54, 1.807) is 0 Å². The topological polar surface area (TPSA) is 38.5 Å². The monoisotopic (exact) mass is 236 g/mol. The second-order valence-electron chi connectivity index (χ2n) is 4.56. The van der Waals surface area contributed by atoms with E-state index in [1.807, 2.05) is 0 Å². The smallest absolute Gasteiger partial charge is 0.122 e. The van der Waals surface area contributed by atoms with Crippen molar-refractivity contribution in [2.24, 2.45) is 5.73 Å². The van der Waals surface area contributed by atoms with Gasteiger partial charge < -0.3 is 15.4 Å². The Kier molecular flexibility index (Phi) is 6.01. The Morgan fingerprint density at radius 1 is 1.24 bits per heavy atom. The zero-order chi connectivity index (χ0) is 12.7. The first kappa shape index (κ1) is 14.0. The second kappa shape index (κ2) is 7.30. The maximum absolute atomic E-state index is 5.80. The van der Waals surface area contributed by atoms with Gasteiger partial charge in [-0.25, -0.2) is 0 Å². The first-order valence-corrected chi connectivity index (χ1v) is 6.22. The fraction of sp³-hybridized carbons (Fsp3) is 0.571. The van der Waals surface area contributed by atoms with Gasteiger partial charge in [-0.05, 0) is 57.6 Å². The average molecular weight is 236 g/mol. The quantitative estimate of drug-likeness (QED) is 0.786. The second-order valence-corrected chi connectivity index (χ2v) is 4.56. The molecule has 96 valence electrons. The summed E-state index contributed by atoms with van der Waals surface area (Å²) in [5.74, 6) is 0.997. The van der Waals surface area contributed by atoms with Gasteiger partial charge in [0.15, 0.2) is 0 Å². The van der Waals surface area contributed by atoms with Crippen molar-refractivity contribution in [3.63, 3.8) is 0 Å². The first-order valence-electron chi connectivity index (χ1n) is 6.22. The van der Waals surface area contributed by atoms with Crippen molar-refractivity contribution in [1.29, 1.82) is 0 Å². The van der Waals surface area contributed by atoms with Crippen molar-refractivity contribution < 1.29 is 4.74 Å². The molecular weight excluding hydrogens is 212 g/mol. The maximum Gasteiger partial charge on any atom is 0.122 e. The lowest BCUT2D eigenvalue weighted by molar-refractivity contribution is 0.235. The van der Waals surface area contributed by atoms with Gasteiger partial charge in [0, 0.05) is 6.54 Å². The molecule has 0 radical (unpaired) electrons. The van der Waals surface area contributed by atoms with Gasteiger partial charge >= 0.3 is 0 Å². The van der Waals surface area contributed by atoms with E-state index in [2.05, 4.69) is 44.0 Å². The third-order valence-corrected chi connectivity index (χ3v) is 2.82. The summed E-state index contributed by atoms with van der Waals surface area (Å²) in [7, 11) is 2.10. The largest absolute Gasteiger partial charge is 0.492 e. The molecule has 0 aromatic heterocycles. The highest BCUT2D eigenvalue weighted by Gasteiger charge is 2.01. The highest BCUT2D eigenvalue weighted by Crippen LogP contribution is 2.18. The minimum Gasteiger partial charge on any atom is -0.492 e. The number of rotatable bonds is 7. The summed E-state index contributed by atoms with van der Waals surface area (Å²) in [4.78, 5) is 2.25. The third-order valence-electron chi connectivity index (χ3n) is 2.82. The van der Waals surface area contributed by atoms with Crippen LogP contribution in [0, 0.1) is 13.8 Å². The summed E-state index contributed by atoms with van der Waals surface area (Å²) in [5.41, 5.74) is 7.91. The predicted octanol–water partition coefficient (Wildman–Crippen LogP) is 1.96. The zero-order valence-electron chi connectivity index (χ0n) is 11.2. The number of benzene rings is 1. The van der Waals surface area contributed by atoms with Crippen LogP contribution in [0.2, 0.25) is 0 Å². The number of hydrogen-bond donors (Lipinski definition) is 1. The SMILES string of the molecule is Cc1ccc(C)c(OCCN(C)CCCN)c1. The highest BCUT2D eigenvalue weighted by atomic mass is 16.5. The van der Waals surface area contributed by atoms with Crippen molar-refractivity contribution in [3.05, 3.63) is 29.3 Å². The third kappa shape index (κ3) is 5.20. The van der Waals surface area contributed by atoms with Gasteiger partial charge in [0.2, 0.25) is 0 Å². The molecule has 17 heavy (non-hydrogen) atoms. The normalized spacial score (nSPS) is 10.9. The number of likely N-dealkylation sites (N-methyl/N-ethyl adjacent to an activating group) is 1. The molecule has 0 amide bonds. The lowest BCUT2D eigenvalue weighted by atomic mass is 10.1. The predicted molar refractivity (Wildman–Crippen MR) is 72.6 cm³/mol. The Morgan fingerprint density at radius 3 is 2.71 bits per heavy atom. The first-order chi connectivity index (χ1) is 8.13. The van der Waals surface area contributed by atoms with Crippen molar-refractivity contribution in [2.45, 2.75) is 20.3 Å². The van der Waals surface area contributed by atoms with Gasteiger partial charge in [-0.15, -0.1) is 0 Å². The van der Waals surface area contributed by atoms with Crippen LogP contribution in [0.5, 0.6) is 5.75 Å². The molecule has 0 heterocycles. The Bertz CT molecular complexity index is 339. The molecule has 1 aromatic rings. The molecule has 0 saturated carbocycles. The molecule has 0 bridgehead atoms. The van der Waals surface area contributed by atoms with Gasteiger partial charge in [0.05, 0.1) is 0 Å². The molecule has 0 spiro atoms. The number of aryl methyl sites for hydroxylation is 2. The van der Waals surface area contributed by atoms with Crippen molar-refractivity contribution in [3.8, 4) is 5.75 Å². The Balaban J connectivity index is 2.32. The fourth-order valence-electron chi connectivity index (χ4n) is 1.65. The van der Waals surface area contributed by atoms with Crippen molar-refractivity contribution in [1.82, 2.24) is 4.90 Å². The standard InChI is InChI=1S/C14H24N2O/c1-12-5-6-13(2)14(11-12)17-10-9-16(3)8-4-7-15/h5-6,11H,4,7-10,15H2,1-3H3. The minimum absolute atomic E-state index is 0.728. The average Bonchev–Trinajstić information content (AvgIpc) is 2.31. The molecule has 0 aliphatic heterocycles. The van der Waals surface area contributed by atoms with E-state index in [0.717, 1.165) is 38.4 Å². The molecule has 2 N–H and O–H groups in total. The van der Waals surface area contributed by atoms with Crippen LogP contribution in [-0.4, -0.2) is 38.2 Å². The van der Waals surface area contributed by atoms with E-state index in [-0.39, 0.29) is 0 Å². The van der Waals surface area contributed by atoms with E-state index < -0.39 is 0 Å². The van der Waals surface area contributed by atoms with Crippen LogP contribution in [0.1, 0.15) is 17.5 Å². The Morgan fingerprint density at radius 2 is 2.00 bits per heavy atom. The minimum atomic E-state index is 0.728. The molecule has 0 atom stereocenters. The number of ether oxygens (including phenoxy) is 1. The molecule has 0 saturated heterocycles. The number of nitrogens with two attached hydrogens (primary N) is 1. The molecular formula is C14H24N2O. The zero-order valence-corrected chi connectivity index (χ0v) is 11.2. The van der Waals surface area contributed by atoms with E-state index in [4.69, 9.17) is 10.5 Å². The van der Waals surface area contributed by atoms with Gasteiger partial charge in [-0.2, -0.15) is 0 Å².